The summed E-state index contributed by atoms with van der Waals surface area (Å²) in [7, 11) is 3.98. The molecule has 31 heavy (non-hydrogen) atoms. The highest BCUT2D eigenvalue weighted by Gasteiger charge is 2.37. The van der Waals surface area contributed by atoms with Crippen LogP contribution in [0.15, 0.2) is 46.2 Å². The molecule has 3 aliphatic heterocycles. The van der Waals surface area contributed by atoms with E-state index in [1.165, 1.54) is 7.11 Å². The summed E-state index contributed by atoms with van der Waals surface area (Å²) >= 11 is 0. The average Bonchev–Trinajstić information content (AvgIpc) is 3.16. The third-order valence-corrected chi connectivity index (χ3v) is 5.13. The summed E-state index contributed by atoms with van der Waals surface area (Å²) in [5.41, 5.74) is 2.20. The molecule has 3 unspecified atom stereocenters. The molecule has 0 aromatic heterocycles. The van der Waals surface area contributed by atoms with Crippen LogP contribution >= 0.6 is 9.39 Å². The molecule has 0 aromatic carbocycles. The zero-order valence-corrected chi connectivity index (χ0v) is 21.0. The number of hydrogen-bond acceptors (Lipinski definition) is 7. The molecule has 8 heteroatoms. The topological polar surface area (TPSA) is 86.5 Å². The number of esters is 1. The van der Waals surface area contributed by atoms with E-state index in [1.807, 2.05) is 13.1 Å². The largest absolute Gasteiger partial charge is 0.466 e. The Balaban J connectivity index is 0.000000519. The van der Waals surface area contributed by atoms with Gasteiger partial charge in [-0.3, -0.25) is 15.1 Å². The molecule has 3 aliphatic rings. The summed E-state index contributed by atoms with van der Waals surface area (Å²) in [6, 6.07) is 0.277. The maximum atomic E-state index is 12.0. The van der Waals surface area contributed by atoms with Crippen LogP contribution < -0.4 is 5.09 Å². The van der Waals surface area contributed by atoms with E-state index >= 15 is 0 Å². The summed E-state index contributed by atoms with van der Waals surface area (Å²) in [5.74, 6) is 1.14. The lowest BCUT2D eigenvalue weighted by Crippen LogP contribution is -2.40. The summed E-state index contributed by atoms with van der Waals surface area (Å²) in [5, 5.41) is 11.7. The van der Waals surface area contributed by atoms with E-state index in [1.54, 1.807) is 26.8 Å². The Labute approximate surface area is 189 Å². The molecule has 0 aromatic rings. The van der Waals surface area contributed by atoms with Crippen LogP contribution in [0.5, 0.6) is 0 Å². The van der Waals surface area contributed by atoms with Crippen molar-refractivity contribution in [1.29, 1.82) is 0 Å². The molecule has 0 bridgehead atoms. The monoisotopic (exact) mass is 450 g/mol. The molecule has 0 spiro atoms. The predicted octanol–water partition coefficient (Wildman–Crippen LogP) is 3.63. The van der Waals surface area contributed by atoms with E-state index in [4.69, 9.17) is 9.84 Å². The molecule has 3 heterocycles. The second-order valence-electron chi connectivity index (χ2n) is 8.60. The van der Waals surface area contributed by atoms with Gasteiger partial charge in [0.2, 0.25) is 0 Å². The minimum absolute atomic E-state index is 0.277. The number of aliphatic imine (C=N–C) groups is 2. The van der Waals surface area contributed by atoms with Crippen molar-refractivity contribution in [2.24, 2.45) is 15.9 Å². The molecule has 0 saturated carbocycles. The first kappa shape index (κ1) is 27.2. The third kappa shape index (κ3) is 8.68. The molecule has 3 rings (SSSR count). The lowest BCUT2D eigenvalue weighted by atomic mass is 9.96. The number of allylic oxidation sites excluding steroid dienone is 2. The van der Waals surface area contributed by atoms with Gasteiger partial charge in [0.05, 0.1) is 30.5 Å². The first-order valence-corrected chi connectivity index (χ1v) is 11.3. The van der Waals surface area contributed by atoms with Gasteiger partial charge in [0, 0.05) is 30.9 Å². The summed E-state index contributed by atoms with van der Waals surface area (Å²) in [6.07, 6.45) is 8.58. The van der Waals surface area contributed by atoms with Crippen LogP contribution in [0.3, 0.4) is 0 Å². The Morgan fingerprint density at radius 2 is 2.06 bits per heavy atom. The standard InChI is InChI=1S/C16H23N4O2P.C4H10O.C3H6/c1-3-10-4-5-17-13(6-10)15-18-8-12(16(21)22-2)14-7-11(19-23)9-20(14)15;1-4(2,3)5;1-3-2/h4-5,10-11,19H,3,6-9,23H2,1-2H3;5H,1-3H3;3H,1H2,2H3. The Hall–Kier alpha value is -1.82. The highest BCUT2D eigenvalue weighted by molar-refractivity contribution is 7.13. The Bertz CT molecular complexity index is 744. The first-order chi connectivity index (χ1) is 14.6. The molecular weight excluding hydrogens is 411 g/mol. The molecule has 174 valence electrons. The van der Waals surface area contributed by atoms with Crippen LogP contribution in [0.25, 0.3) is 0 Å². The molecule has 0 radical (unpaired) electrons. The fourth-order valence-corrected chi connectivity index (χ4v) is 3.51. The van der Waals surface area contributed by atoms with Gasteiger partial charge in [0.15, 0.2) is 0 Å². The third-order valence-electron chi connectivity index (χ3n) is 4.65. The van der Waals surface area contributed by atoms with E-state index in [0.717, 1.165) is 43.1 Å². The fourth-order valence-electron chi connectivity index (χ4n) is 3.29. The highest BCUT2D eigenvalue weighted by Crippen LogP contribution is 2.31. The molecule has 1 saturated heterocycles. The molecule has 1 fully saturated rings. The van der Waals surface area contributed by atoms with Gasteiger partial charge in [-0.15, -0.1) is 6.58 Å². The number of rotatable bonds is 4. The molecule has 7 nitrogen and oxygen atoms in total. The van der Waals surface area contributed by atoms with E-state index < -0.39 is 5.60 Å². The van der Waals surface area contributed by atoms with Crippen molar-refractivity contribution < 1.29 is 14.6 Å². The number of ether oxygens (including phenoxy) is 1. The van der Waals surface area contributed by atoms with Gasteiger partial charge in [-0.2, -0.15) is 0 Å². The lowest BCUT2D eigenvalue weighted by molar-refractivity contribution is -0.136. The van der Waals surface area contributed by atoms with Crippen molar-refractivity contribution in [1.82, 2.24) is 9.99 Å². The second-order valence-corrected chi connectivity index (χ2v) is 8.94. The molecule has 3 atom stereocenters. The normalized spacial score (nSPS) is 22.3. The highest BCUT2D eigenvalue weighted by atomic mass is 31.0. The van der Waals surface area contributed by atoms with Crippen LogP contribution in [-0.4, -0.2) is 59.4 Å². The van der Waals surface area contributed by atoms with Crippen molar-refractivity contribution in [3.63, 3.8) is 0 Å². The number of aliphatic hydroxyl groups is 1. The maximum Gasteiger partial charge on any atom is 0.337 e. The number of hydrogen-bond donors (Lipinski definition) is 2. The molecule has 2 N–H and O–H groups in total. The Morgan fingerprint density at radius 1 is 1.45 bits per heavy atom. The smallest absolute Gasteiger partial charge is 0.337 e. The second kappa shape index (κ2) is 12.9. The summed E-state index contributed by atoms with van der Waals surface area (Å²) in [4.78, 5) is 23.4. The quantitative estimate of drug-likeness (QED) is 0.388. The predicted molar refractivity (Wildman–Crippen MR) is 132 cm³/mol. The first-order valence-electron chi connectivity index (χ1n) is 10.7. The van der Waals surface area contributed by atoms with E-state index in [9.17, 15) is 4.79 Å². The number of amidine groups is 1. The van der Waals surface area contributed by atoms with E-state index in [0.29, 0.717) is 18.0 Å². The van der Waals surface area contributed by atoms with E-state index in [-0.39, 0.29) is 12.0 Å². The van der Waals surface area contributed by atoms with Gasteiger partial charge in [0.25, 0.3) is 0 Å². The average molecular weight is 451 g/mol. The number of nitrogens with zero attached hydrogens (tertiary/aromatic N) is 3. The number of methoxy groups -OCH3 is 1. The van der Waals surface area contributed by atoms with Gasteiger partial charge in [-0.05, 0) is 46.5 Å². The van der Waals surface area contributed by atoms with Gasteiger partial charge < -0.3 is 14.7 Å². The number of carbonyl (C=O) groups excluding carboxylic acids is 1. The van der Waals surface area contributed by atoms with Gasteiger partial charge in [0.1, 0.15) is 5.84 Å². The minimum Gasteiger partial charge on any atom is -0.466 e. The molecular formula is C23H39N4O3P. The summed E-state index contributed by atoms with van der Waals surface area (Å²) in [6.45, 7) is 13.8. The molecule has 0 aliphatic carbocycles. The number of carbonyl (C=O) groups is 1. The summed E-state index contributed by atoms with van der Waals surface area (Å²) < 4.78 is 4.92. The van der Waals surface area contributed by atoms with Crippen molar-refractivity contribution in [3.8, 4) is 0 Å². The van der Waals surface area contributed by atoms with Crippen molar-refractivity contribution in [2.75, 3.05) is 20.2 Å². The van der Waals surface area contributed by atoms with Crippen LogP contribution in [-0.2, 0) is 9.53 Å². The van der Waals surface area contributed by atoms with Crippen molar-refractivity contribution in [2.45, 2.75) is 65.5 Å². The van der Waals surface area contributed by atoms with Crippen molar-refractivity contribution >= 4 is 26.9 Å². The maximum absolute atomic E-state index is 12.0. The zero-order chi connectivity index (χ0) is 23.6. The van der Waals surface area contributed by atoms with Crippen LogP contribution in [0.1, 0.15) is 53.9 Å². The van der Waals surface area contributed by atoms with Crippen molar-refractivity contribution in [3.05, 3.63) is 36.2 Å². The Morgan fingerprint density at radius 3 is 2.58 bits per heavy atom. The SMILES string of the molecule is C=CC.CC(C)(C)O.CCC1C=CN=C(C2=NCC(C(=O)OC)=C3CC(NP)CN23)C1. The Kier molecular flexibility index (Phi) is 11.3. The van der Waals surface area contributed by atoms with Crippen LogP contribution in [0.4, 0.5) is 0 Å². The number of fused-ring (bicyclic) bond motifs is 1. The number of nitrogens with one attached hydrogen (secondary N) is 1. The van der Waals surface area contributed by atoms with E-state index in [2.05, 4.69) is 48.9 Å². The zero-order valence-electron chi connectivity index (χ0n) is 19.8. The minimum atomic E-state index is -0.500. The lowest BCUT2D eigenvalue weighted by Gasteiger charge is -2.30. The molecule has 0 amide bonds. The van der Waals surface area contributed by atoms with Gasteiger partial charge in [-0.25, -0.2) is 4.79 Å². The fraction of sp³-hybridized carbons (Fsp3) is 0.609. The van der Waals surface area contributed by atoms with Crippen LogP contribution in [0, 0.1) is 5.92 Å². The van der Waals surface area contributed by atoms with Crippen LogP contribution in [0.2, 0.25) is 0 Å². The van der Waals surface area contributed by atoms with Gasteiger partial charge >= 0.3 is 5.97 Å². The van der Waals surface area contributed by atoms with Gasteiger partial charge in [-0.1, -0.05) is 28.5 Å².